The normalized spacial score (nSPS) is 21.4. The second kappa shape index (κ2) is 2.80. The van der Waals surface area contributed by atoms with Crippen molar-refractivity contribution in [2.24, 2.45) is 5.41 Å². The Balaban J connectivity index is 2.39. The van der Waals surface area contributed by atoms with E-state index in [4.69, 9.17) is 4.74 Å². The summed E-state index contributed by atoms with van der Waals surface area (Å²) in [5.41, 5.74) is -0.261. The maximum absolute atomic E-state index is 11.1. The van der Waals surface area contributed by atoms with Gasteiger partial charge in [0.05, 0.1) is 18.6 Å². The highest BCUT2D eigenvalue weighted by atomic mass is 32.2. The van der Waals surface area contributed by atoms with E-state index in [1.54, 1.807) is 0 Å². The Kier molecular flexibility index (Phi) is 2.21. The number of hydrogen-bond acceptors (Lipinski definition) is 3. The first-order chi connectivity index (χ1) is 4.69. The highest BCUT2D eigenvalue weighted by Gasteiger charge is 2.40. The van der Waals surface area contributed by atoms with E-state index < -0.39 is 0 Å². The first-order valence-electron chi connectivity index (χ1n) is 3.10. The largest absolute Gasteiger partial charge is 0.379 e. The second-order valence-electron chi connectivity index (χ2n) is 2.69. The summed E-state index contributed by atoms with van der Waals surface area (Å²) in [5.74, 6) is 0.0752. The molecule has 0 aliphatic carbocycles. The average molecular weight is 161 g/mol. The topological polar surface area (TPSA) is 38.3 Å². The van der Waals surface area contributed by atoms with Gasteiger partial charge in [-0.15, -0.1) is 0 Å². The molecule has 0 atom stereocenters. The quantitative estimate of drug-likeness (QED) is 0.596. The Morgan fingerprint density at radius 2 is 2.30 bits per heavy atom. The van der Waals surface area contributed by atoms with Gasteiger partial charge in [-0.25, -0.2) is 0 Å². The fourth-order valence-electron chi connectivity index (χ4n) is 0.755. The summed E-state index contributed by atoms with van der Waals surface area (Å²) in [6.45, 7) is 3.01. The zero-order chi connectivity index (χ0) is 7.61. The van der Waals surface area contributed by atoms with Gasteiger partial charge in [0, 0.05) is 6.26 Å². The fourth-order valence-corrected chi connectivity index (χ4v) is 1.19. The van der Waals surface area contributed by atoms with E-state index in [9.17, 15) is 4.79 Å². The Morgan fingerprint density at radius 1 is 1.70 bits per heavy atom. The van der Waals surface area contributed by atoms with E-state index in [1.165, 1.54) is 11.9 Å². The van der Waals surface area contributed by atoms with Crippen molar-refractivity contribution in [1.82, 2.24) is 4.72 Å². The van der Waals surface area contributed by atoms with Crippen molar-refractivity contribution in [1.29, 1.82) is 0 Å². The van der Waals surface area contributed by atoms with Gasteiger partial charge in [-0.05, 0) is 6.92 Å². The van der Waals surface area contributed by atoms with Crippen molar-refractivity contribution >= 4 is 17.9 Å². The average Bonchev–Trinajstić information content (AvgIpc) is 1.83. The lowest BCUT2D eigenvalue weighted by Gasteiger charge is -2.35. The predicted molar refractivity (Wildman–Crippen MR) is 40.6 cm³/mol. The van der Waals surface area contributed by atoms with Crippen LogP contribution in [0, 0.1) is 5.41 Å². The van der Waals surface area contributed by atoms with Gasteiger partial charge in [-0.1, -0.05) is 11.9 Å². The van der Waals surface area contributed by atoms with Crippen molar-refractivity contribution in [3.63, 3.8) is 0 Å². The molecule has 1 saturated heterocycles. The van der Waals surface area contributed by atoms with Crippen molar-refractivity contribution < 1.29 is 9.53 Å². The lowest BCUT2D eigenvalue weighted by molar-refractivity contribution is -0.155. The van der Waals surface area contributed by atoms with Gasteiger partial charge < -0.3 is 4.74 Å². The van der Waals surface area contributed by atoms with Crippen LogP contribution in [0.25, 0.3) is 0 Å². The van der Waals surface area contributed by atoms with E-state index in [-0.39, 0.29) is 11.3 Å². The SMILES string of the molecule is CSNC(=O)C1(C)COC1. The van der Waals surface area contributed by atoms with Gasteiger partial charge >= 0.3 is 0 Å². The number of rotatable bonds is 2. The van der Waals surface area contributed by atoms with Crippen molar-refractivity contribution in [2.45, 2.75) is 6.92 Å². The zero-order valence-corrected chi connectivity index (χ0v) is 6.96. The van der Waals surface area contributed by atoms with Crippen molar-refractivity contribution in [3.05, 3.63) is 0 Å². The minimum absolute atomic E-state index is 0.0752. The molecule has 1 amide bonds. The van der Waals surface area contributed by atoms with E-state index in [2.05, 4.69) is 4.72 Å². The molecule has 0 saturated carbocycles. The fraction of sp³-hybridized carbons (Fsp3) is 0.833. The van der Waals surface area contributed by atoms with Crippen LogP contribution in [-0.4, -0.2) is 25.4 Å². The molecular weight excluding hydrogens is 150 g/mol. The monoisotopic (exact) mass is 161 g/mol. The summed E-state index contributed by atoms with van der Waals surface area (Å²) in [5, 5.41) is 0. The maximum atomic E-state index is 11.1. The molecule has 10 heavy (non-hydrogen) atoms. The van der Waals surface area contributed by atoms with E-state index in [0.29, 0.717) is 13.2 Å². The molecule has 0 aromatic carbocycles. The van der Waals surface area contributed by atoms with Crippen LogP contribution in [0.15, 0.2) is 0 Å². The summed E-state index contributed by atoms with van der Waals surface area (Å²) < 4.78 is 7.62. The standard InChI is InChI=1S/C6H11NO2S/c1-6(3-9-4-6)5(8)7-10-2/h3-4H2,1-2H3,(H,7,8). The minimum atomic E-state index is -0.261. The van der Waals surface area contributed by atoms with Crippen LogP contribution in [-0.2, 0) is 9.53 Å². The smallest absolute Gasteiger partial charge is 0.240 e. The molecule has 0 radical (unpaired) electrons. The summed E-state index contributed by atoms with van der Waals surface area (Å²) in [4.78, 5) is 11.1. The predicted octanol–water partition coefficient (Wildman–Crippen LogP) is 0.417. The molecule has 0 spiro atoms. The molecule has 3 nitrogen and oxygen atoms in total. The number of amides is 1. The van der Waals surface area contributed by atoms with Gasteiger partial charge in [0.1, 0.15) is 0 Å². The van der Waals surface area contributed by atoms with Crippen molar-refractivity contribution in [2.75, 3.05) is 19.5 Å². The third-order valence-corrected chi connectivity index (χ3v) is 1.97. The van der Waals surface area contributed by atoms with Crippen LogP contribution in [0.3, 0.4) is 0 Å². The Labute approximate surface area is 64.6 Å². The number of ether oxygens (including phenoxy) is 1. The van der Waals surface area contributed by atoms with Gasteiger partial charge in [-0.3, -0.25) is 9.52 Å². The molecule has 1 fully saturated rings. The second-order valence-corrected chi connectivity index (χ2v) is 3.30. The molecule has 1 N–H and O–H groups in total. The summed E-state index contributed by atoms with van der Waals surface area (Å²) in [7, 11) is 0. The van der Waals surface area contributed by atoms with E-state index in [0.717, 1.165) is 0 Å². The minimum Gasteiger partial charge on any atom is -0.379 e. The molecule has 1 aliphatic heterocycles. The van der Waals surface area contributed by atoms with Gasteiger partial charge in [0.15, 0.2) is 0 Å². The molecule has 0 aromatic rings. The first kappa shape index (κ1) is 7.88. The lowest BCUT2D eigenvalue weighted by Crippen LogP contribution is -2.50. The van der Waals surface area contributed by atoms with Crippen molar-refractivity contribution in [3.8, 4) is 0 Å². The zero-order valence-electron chi connectivity index (χ0n) is 6.14. The highest BCUT2D eigenvalue weighted by molar-refractivity contribution is 7.97. The highest BCUT2D eigenvalue weighted by Crippen LogP contribution is 2.26. The molecule has 0 bridgehead atoms. The number of carbonyl (C=O) groups excluding carboxylic acids is 1. The maximum Gasteiger partial charge on any atom is 0.240 e. The number of nitrogens with one attached hydrogen (secondary N) is 1. The van der Waals surface area contributed by atoms with E-state index >= 15 is 0 Å². The van der Waals surface area contributed by atoms with Gasteiger partial charge in [0.2, 0.25) is 5.91 Å². The van der Waals surface area contributed by atoms with Crippen LogP contribution in [0.2, 0.25) is 0 Å². The summed E-state index contributed by atoms with van der Waals surface area (Å²) >= 11 is 1.33. The third-order valence-electron chi connectivity index (χ3n) is 1.58. The Morgan fingerprint density at radius 3 is 2.60 bits per heavy atom. The molecule has 0 unspecified atom stereocenters. The van der Waals surface area contributed by atoms with Crippen LogP contribution in [0.4, 0.5) is 0 Å². The van der Waals surface area contributed by atoms with Crippen LogP contribution < -0.4 is 4.72 Å². The van der Waals surface area contributed by atoms with Crippen LogP contribution >= 0.6 is 11.9 Å². The molecule has 0 aromatic heterocycles. The summed E-state index contributed by atoms with van der Waals surface area (Å²) in [6.07, 6.45) is 1.83. The van der Waals surface area contributed by atoms with Gasteiger partial charge in [0.25, 0.3) is 0 Å². The lowest BCUT2D eigenvalue weighted by atomic mass is 9.88. The number of hydrogen-bond donors (Lipinski definition) is 1. The first-order valence-corrected chi connectivity index (χ1v) is 4.33. The van der Waals surface area contributed by atoms with Crippen LogP contribution in [0.1, 0.15) is 6.92 Å². The molecule has 1 rings (SSSR count). The Hall–Kier alpha value is -0.220. The Bertz CT molecular complexity index is 145. The molecule has 4 heteroatoms. The molecule has 1 heterocycles. The number of carbonyl (C=O) groups is 1. The third kappa shape index (κ3) is 1.27. The molecular formula is C6H11NO2S. The van der Waals surface area contributed by atoms with Crippen LogP contribution in [0.5, 0.6) is 0 Å². The van der Waals surface area contributed by atoms with Gasteiger partial charge in [-0.2, -0.15) is 0 Å². The molecule has 58 valence electrons. The molecule has 1 aliphatic rings. The summed E-state index contributed by atoms with van der Waals surface area (Å²) in [6, 6.07) is 0. The van der Waals surface area contributed by atoms with E-state index in [1.807, 2.05) is 13.2 Å².